The number of alkyl halides is 3. The van der Waals surface area contributed by atoms with Gasteiger partial charge in [-0.3, -0.25) is 4.79 Å². The molecule has 0 saturated heterocycles. The molecule has 30 heavy (non-hydrogen) atoms. The highest BCUT2D eigenvalue weighted by Gasteiger charge is 2.37. The van der Waals surface area contributed by atoms with Crippen molar-refractivity contribution in [3.05, 3.63) is 52.1 Å². The van der Waals surface area contributed by atoms with Crippen molar-refractivity contribution in [3.8, 4) is 5.75 Å². The first-order valence-electron chi connectivity index (χ1n) is 9.25. The van der Waals surface area contributed by atoms with Crippen molar-refractivity contribution in [1.82, 2.24) is 24.9 Å². The van der Waals surface area contributed by atoms with Crippen LogP contribution in [0.3, 0.4) is 0 Å². The second-order valence-electron chi connectivity index (χ2n) is 7.12. The summed E-state index contributed by atoms with van der Waals surface area (Å²) in [7, 11) is 1.56. The lowest BCUT2D eigenvalue weighted by atomic mass is 10.0. The molecule has 0 radical (unpaired) electrons. The van der Waals surface area contributed by atoms with Crippen molar-refractivity contribution in [2.45, 2.75) is 46.3 Å². The highest BCUT2D eigenvalue weighted by molar-refractivity contribution is 5.79. The minimum atomic E-state index is -4.67. The van der Waals surface area contributed by atoms with Gasteiger partial charge in [0.25, 0.3) is 11.6 Å². The van der Waals surface area contributed by atoms with E-state index in [-0.39, 0.29) is 24.1 Å². The number of aromatic nitrogens is 4. The van der Waals surface area contributed by atoms with E-state index in [1.807, 2.05) is 32.0 Å². The zero-order chi connectivity index (χ0) is 22.2. The van der Waals surface area contributed by atoms with Crippen LogP contribution in [0.25, 0.3) is 5.78 Å². The van der Waals surface area contributed by atoms with Crippen LogP contribution in [0.4, 0.5) is 13.2 Å². The van der Waals surface area contributed by atoms with Gasteiger partial charge in [0, 0.05) is 22.5 Å². The summed E-state index contributed by atoms with van der Waals surface area (Å²) in [6, 6.07) is 5.36. The Bertz CT molecular complexity index is 1110. The van der Waals surface area contributed by atoms with Crippen LogP contribution in [0.1, 0.15) is 46.9 Å². The SMILES string of the molecule is COc1ccc(C)cc1[C@H](C)NC(=O)Cc1c(C)nc2nc(C(F)(F)F)nn2c1C. The molecule has 1 N–H and O–H groups in total. The molecular weight excluding hydrogens is 399 g/mol. The van der Waals surface area contributed by atoms with Crippen LogP contribution in [-0.2, 0) is 17.4 Å². The summed E-state index contributed by atoms with van der Waals surface area (Å²) in [6.45, 7) is 7.00. The van der Waals surface area contributed by atoms with E-state index >= 15 is 0 Å². The number of carbonyl (C=O) groups excluding carboxylic acids is 1. The van der Waals surface area contributed by atoms with Gasteiger partial charge in [0.2, 0.25) is 5.91 Å². The van der Waals surface area contributed by atoms with E-state index in [4.69, 9.17) is 4.74 Å². The molecule has 0 aliphatic heterocycles. The van der Waals surface area contributed by atoms with Gasteiger partial charge in [0.05, 0.1) is 19.6 Å². The van der Waals surface area contributed by atoms with Crippen molar-refractivity contribution in [3.63, 3.8) is 0 Å². The van der Waals surface area contributed by atoms with Crippen LogP contribution in [0.15, 0.2) is 18.2 Å². The molecule has 2 heterocycles. The highest BCUT2D eigenvalue weighted by Crippen LogP contribution is 2.28. The molecule has 0 aliphatic carbocycles. The fourth-order valence-corrected chi connectivity index (χ4v) is 3.31. The van der Waals surface area contributed by atoms with Crippen LogP contribution in [0, 0.1) is 20.8 Å². The van der Waals surface area contributed by atoms with Crippen molar-refractivity contribution in [2.24, 2.45) is 0 Å². The van der Waals surface area contributed by atoms with Gasteiger partial charge >= 0.3 is 6.18 Å². The molecule has 0 unspecified atom stereocenters. The molecule has 10 heteroatoms. The zero-order valence-electron chi connectivity index (χ0n) is 17.3. The first-order chi connectivity index (χ1) is 14.0. The molecule has 0 aliphatic rings. The number of aryl methyl sites for hydroxylation is 3. The smallest absolute Gasteiger partial charge is 0.453 e. The highest BCUT2D eigenvalue weighted by atomic mass is 19.4. The quantitative estimate of drug-likeness (QED) is 0.682. The van der Waals surface area contributed by atoms with Crippen LogP contribution < -0.4 is 10.1 Å². The number of nitrogens with zero attached hydrogens (tertiary/aromatic N) is 4. The molecule has 0 fully saturated rings. The molecule has 0 bridgehead atoms. The minimum Gasteiger partial charge on any atom is -0.496 e. The predicted octanol–water partition coefficient (Wildman–Crippen LogP) is 3.50. The Hall–Kier alpha value is -3.17. The number of nitrogens with one attached hydrogen (secondary N) is 1. The fraction of sp³-hybridized carbons (Fsp3) is 0.400. The summed E-state index contributed by atoms with van der Waals surface area (Å²) in [5.74, 6) is -1.06. The molecule has 1 aromatic carbocycles. The Kier molecular flexibility index (Phi) is 5.69. The summed E-state index contributed by atoms with van der Waals surface area (Å²) < 4.78 is 45.2. The van der Waals surface area contributed by atoms with Gasteiger partial charge < -0.3 is 10.1 Å². The van der Waals surface area contributed by atoms with Crippen molar-refractivity contribution in [1.29, 1.82) is 0 Å². The zero-order valence-corrected chi connectivity index (χ0v) is 17.3. The standard InChI is InChI=1S/C20H22F3N5O2/c1-10-6-7-16(30-5)15(8-10)12(3)24-17(29)9-14-11(2)25-19-26-18(20(21,22)23)27-28(19)13(14)4/h6-8,12H,9H2,1-5H3,(H,24,29)/t12-/m0/s1. The van der Waals surface area contributed by atoms with Crippen molar-refractivity contribution >= 4 is 11.7 Å². The number of hydrogen-bond donors (Lipinski definition) is 1. The van der Waals surface area contributed by atoms with Gasteiger partial charge in [-0.15, -0.1) is 5.10 Å². The van der Waals surface area contributed by atoms with Gasteiger partial charge in [-0.2, -0.15) is 18.2 Å². The van der Waals surface area contributed by atoms with Gasteiger partial charge in [-0.1, -0.05) is 17.7 Å². The third-order valence-electron chi connectivity index (χ3n) is 4.87. The number of methoxy groups -OCH3 is 1. The Morgan fingerprint density at radius 2 is 1.93 bits per heavy atom. The number of carbonyl (C=O) groups is 1. The third kappa shape index (κ3) is 4.22. The largest absolute Gasteiger partial charge is 0.496 e. The Morgan fingerprint density at radius 1 is 1.23 bits per heavy atom. The van der Waals surface area contributed by atoms with E-state index in [9.17, 15) is 18.0 Å². The van der Waals surface area contributed by atoms with Gasteiger partial charge in [0.15, 0.2) is 0 Å². The van der Waals surface area contributed by atoms with E-state index in [0.29, 0.717) is 22.7 Å². The average Bonchev–Trinajstić information content (AvgIpc) is 3.09. The third-order valence-corrected chi connectivity index (χ3v) is 4.87. The molecule has 3 rings (SSSR count). The molecule has 160 valence electrons. The first-order valence-corrected chi connectivity index (χ1v) is 9.25. The van der Waals surface area contributed by atoms with E-state index < -0.39 is 12.0 Å². The monoisotopic (exact) mass is 421 g/mol. The minimum absolute atomic E-state index is 0.0553. The lowest BCUT2D eigenvalue weighted by Gasteiger charge is -2.18. The number of ether oxygens (including phenoxy) is 1. The predicted molar refractivity (Wildman–Crippen MR) is 103 cm³/mol. The van der Waals surface area contributed by atoms with Gasteiger partial charge in [0.1, 0.15) is 5.75 Å². The second kappa shape index (κ2) is 7.92. The van der Waals surface area contributed by atoms with Crippen LogP contribution in [0.5, 0.6) is 5.75 Å². The van der Waals surface area contributed by atoms with Gasteiger partial charge in [-0.05, 0) is 33.8 Å². The molecule has 1 atom stereocenters. The summed E-state index contributed by atoms with van der Waals surface area (Å²) in [5.41, 5.74) is 3.18. The topological polar surface area (TPSA) is 81.4 Å². The molecule has 3 aromatic rings. The lowest BCUT2D eigenvalue weighted by molar-refractivity contribution is -0.144. The summed E-state index contributed by atoms with van der Waals surface area (Å²) >= 11 is 0. The summed E-state index contributed by atoms with van der Waals surface area (Å²) in [6.07, 6.45) is -4.73. The maximum absolute atomic E-state index is 12.9. The van der Waals surface area contributed by atoms with E-state index in [1.54, 1.807) is 21.0 Å². The Morgan fingerprint density at radius 3 is 2.57 bits per heavy atom. The van der Waals surface area contributed by atoms with Crippen molar-refractivity contribution in [2.75, 3.05) is 7.11 Å². The summed E-state index contributed by atoms with van der Waals surface area (Å²) in [4.78, 5) is 20.2. The van der Waals surface area contributed by atoms with Crippen LogP contribution in [0.2, 0.25) is 0 Å². The number of benzene rings is 1. The average molecular weight is 421 g/mol. The van der Waals surface area contributed by atoms with Gasteiger partial charge in [-0.25, -0.2) is 9.50 Å². The molecular formula is C20H22F3N5O2. The number of hydrogen-bond acceptors (Lipinski definition) is 5. The molecule has 7 nitrogen and oxygen atoms in total. The fourth-order valence-electron chi connectivity index (χ4n) is 3.31. The maximum Gasteiger partial charge on any atom is 0.453 e. The number of rotatable bonds is 5. The van der Waals surface area contributed by atoms with E-state index in [0.717, 1.165) is 15.6 Å². The normalized spacial score (nSPS) is 12.8. The van der Waals surface area contributed by atoms with Crippen LogP contribution >= 0.6 is 0 Å². The maximum atomic E-state index is 12.9. The molecule has 2 aromatic heterocycles. The van der Waals surface area contributed by atoms with Crippen molar-refractivity contribution < 1.29 is 22.7 Å². The van der Waals surface area contributed by atoms with E-state index in [2.05, 4.69) is 20.4 Å². The second-order valence-corrected chi connectivity index (χ2v) is 7.12. The molecule has 0 saturated carbocycles. The Balaban J connectivity index is 1.85. The summed E-state index contributed by atoms with van der Waals surface area (Å²) in [5, 5.41) is 6.41. The molecule has 0 spiro atoms. The lowest BCUT2D eigenvalue weighted by Crippen LogP contribution is -2.29. The molecule has 1 amide bonds. The van der Waals surface area contributed by atoms with Crippen LogP contribution in [-0.4, -0.2) is 32.6 Å². The Labute approximate surface area is 171 Å². The first kappa shape index (κ1) is 21.5. The number of fused-ring (bicyclic) bond motifs is 1. The number of amides is 1. The van der Waals surface area contributed by atoms with E-state index in [1.165, 1.54) is 0 Å². The number of halogens is 3.